The Morgan fingerprint density at radius 2 is 2.14 bits per heavy atom. The highest BCUT2D eigenvalue weighted by atomic mass is 16.5. The predicted molar refractivity (Wildman–Crippen MR) is 81.0 cm³/mol. The van der Waals surface area contributed by atoms with Crippen LogP contribution in [-0.2, 0) is 16.0 Å². The number of nitrogens with one attached hydrogen (secondary N) is 1. The molecule has 1 unspecified atom stereocenters. The molecule has 5 nitrogen and oxygen atoms in total. The summed E-state index contributed by atoms with van der Waals surface area (Å²) in [7, 11) is 3.31. The lowest BCUT2D eigenvalue weighted by Gasteiger charge is -2.13. The van der Waals surface area contributed by atoms with E-state index in [0.717, 1.165) is 37.6 Å². The molecule has 1 fully saturated rings. The molecule has 0 saturated carbocycles. The third-order valence-corrected chi connectivity index (χ3v) is 3.50. The molecule has 0 radical (unpaired) electrons. The van der Waals surface area contributed by atoms with E-state index in [1.165, 1.54) is 12.0 Å². The monoisotopic (exact) mass is 295 g/mol. The quantitative estimate of drug-likeness (QED) is 0.706. The van der Waals surface area contributed by atoms with Crippen LogP contribution >= 0.6 is 0 Å². The van der Waals surface area contributed by atoms with Gasteiger partial charge in [0.05, 0.1) is 19.8 Å². The average Bonchev–Trinajstić information content (AvgIpc) is 3.02. The van der Waals surface area contributed by atoms with Gasteiger partial charge in [0.25, 0.3) is 0 Å². The van der Waals surface area contributed by atoms with Gasteiger partial charge in [-0.05, 0) is 30.5 Å². The van der Waals surface area contributed by atoms with Gasteiger partial charge in [-0.25, -0.2) is 0 Å². The van der Waals surface area contributed by atoms with Gasteiger partial charge in [0.2, 0.25) is 0 Å². The Labute approximate surface area is 126 Å². The summed E-state index contributed by atoms with van der Waals surface area (Å²) in [6.45, 7) is 3.67. The third kappa shape index (κ3) is 5.19. The van der Waals surface area contributed by atoms with Crippen molar-refractivity contribution in [2.45, 2.75) is 25.5 Å². The number of hydrogen-bond donors (Lipinski definition) is 1. The summed E-state index contributed by atoms with van der Waals surface area (Å²) in [6, 6.07) is 6.00. The first kappa shape index (κ1) is 16.1. The van der Waals surface area contributed by atoms with Crippen LogP contribution in [0.1, 0.15) is 18.4 Å². The topological polar surface area (TPSA) is 49.0 Å². The molecule has 1 N–H and O–H groups in total. The molecule has 0 bridgehead atoms. The minimum atomic E-state index is 0.364. The minimum absolute atomic E-state index is 0.364. The summed E-state index contributed by atoms with van der Waals surface area (Å²) in [5.41, 5.74) is 1.17. The lowest BCUT2D eigenvalue weighted by molar-refractivity contribution is 0.110. The minimum Gasteiger partial charge on any atom is -0.493 e. The molecule has 118 valence electrons. The van der Waals surface area contributed by atoms with Crippen molar-refractivity contribution in [3.63, 3.8) is 0 Å². The van der Waals surface area contributed by atoms with Crippen molar-refractivity contribution in [1.82, 2.24) is 5.32 Å². The third-order valence-electron chi connectivity index (χ3n) is 3.50. The van der Waals surface area contributed by atoms with Crippen LogP contribution in [0.4, 0.5) is 0 Å². The molecule has 0 aliphatic carbocycles. The van der Waals surface area contributed by atoms with E-state index in [1.807, 2.05) is 18.2 Å². The fraction of sp³-hybridized carbons (Fsp3) is 0.625. The first-order valence-corrected chi connectivity index (χ1v) is 7.44. The van der Waals surface area contributed by atoms with Crippen molar-refractivity contribution in [2.75, 3.05) is 40.6 Å². The molecule has 1 aliphatic rings. The van der Waals surface area contributed by atoms with E-state index in [0.29, 0.717) is 19.3 Å². The summed E-state index contributed by atoms with van der Waals surface area (Å²) in [5.74, 6) is 1.50. The lowest BCUT2D eigenvalue weighted by atomic mass is 10.2. The van der Waals surface area contributed by atoms with Crippen LogP contribution in [0.25, 0.3) is 0 Å². The Bertz CT molecular complexity index is 419. The summed E-state index contributed by atoms with van der Waals surface area (Å²) < 4.78 is 21.6. The second kappa shape index (κ2) is 8.87. The standard InChI is InChI=1S/C16H25NO4/c1-18-8-9-21-15-6-5-13(10-16(15)19-2)11-17-12-14-4-3-7-20-14/h5-6,10,14,17H,3-4,7-9,11-12H2,1-2H3. The number of rotatable bonds is 9. The van der Waals surface area contributed by atoms with Gasteiger partial charge in [-0.15, -0.1) is 0 Å². The number of hydrogen-bond acceptors (Lipinski definition) is 5. The fourth-order valence-corrected chi connectivity index (χ4v) is 2.36. The van der Waals surface area contributed by atoms with Gasteiger partial charge in [-0.2, -0.15) is 0 Å². The maximum atomic E-state index is 5.62. The second-order valence-corrected chi connectivity index (χ2v) is 5.09. The largest absolute Gasteiger partial charge is 0.493 e. The lowest BCUT2D eigenvalue weighted by Crippen LogP contribution is -2.25. The van der Waals surface area contributed by atoms with E-state index in [2.05, 4.69) is 5.32 Å². The maximum Gasteiger partial charge on any atom is 0.161 e. The Balaban J connectivity index is 1.82. The number of methoxy groups -OCH3 is 2. The summed E-state index contributed by atoms with van der Waals surface area (Å²) in [6.07, 6.45) is 2.69. The van der Waals surface area contributed by atoms with Crippen LogP contribution < -0.4 is 14.8 Å². The average molecular weight is 295 g/mol. The van der Waals surface area contributed by atoms with Crippen LogP contribution in [0.15, 0.2) is 18.2 Å². The first-order chi connectivity index (χ1) is 10.3. The normalized spacial score (nSPS) is 17.9. The zero-order chi connectivity index (χ0) is 14.9. The van der Waals surface area contributed by atoms with Crippen LogP contribution in [0.3, 0.4) is 0 Å². The van der Waals surface area contributed by atoms with Gasteiger partial charge in [0.1, 0.15) is 6.61 Å². The SMILES string of the molecule is COCCOc1ccc(CNCC2CCCO2)cc1OC. The highest BCUT2D eigenvalue weighted by Crippen LogP contribution is 2.28. The molecule has 2 rings (SSSR count). The maximum absolute atomic E-state index is 5.62. The van der Waals surface area contributed by atoms with E-state index < -0.39 is 0 Å². The molecular formula is C16H25NO4. The molecule has 1 aliphatic heterocycles. The van der Waals surface area contributed by atoms with Gasteiger partial charge in [0, 0.05) is 26.8 Å². The van der Waals surface area contributed by atoms with Crippen molar-refractivity contribution < 1.29 is 18.9 Å². The van der Waals surface area contributed by atoms with Gasteiger partial charge >= 0.3 is 0 Å². The van der Waals surface area contributed by atoms with Crippen LogP contribution in [-0.4, -0.2) is 46.7 Å². The van der Waals surface area contributed by atoms with Gasteiger partial charge < -0.3 is 24.3 Å². The van der Waals surface area contributed by atoms with Crippen molar-refractivity contribution in [2.24, 2.45) is 0 Å². The van der Waals surface area contributed by atoms with Crippen LogP contribution in [0, 0.1) is 0 Å². The zero-order valence-corrected chi connectivity index (χ0v) is 12.9. The first-order valence-electron chi connectivity index (χ1n) is 7.44. The van der Waals surface area contributed by atoms with Gasteiger partial charge in [-0.1, -0.05) is 6.07 Å². The Morgan fingerprint density at radius 1 is 1.24 bits per heavy atom. The molecule has 1 atom stereocenters. The Morgan fingerprint density at radius 3 is 2.86 bits per heavy atom. The van der Waals surface area contributed by atoms with Gasteiger partial charge in [-0.3, -0.25) is 0 Å². The molecule has 5 heteroatoms. The van der Waals surface area contributed by atoms with E-state index in [9.17, 15) is 0 Å². The van der Waals surface area contributed by atoms with Crippen LogP contribution in [0.2, 0.25) is 0 Å². The highest BCUT2D eigenvalue weighted by Gasteiger charge is 2.14. The van der Waals surface area contributed by atoms with E-state index in [4.69, 9.17) is 18.9 Å². The van der Waals surface area contributed by atoms with Gasteiger partial charge in [0.15, 0.2) is 11.5 Å². The predicted octanol–water partition coefficient (Wildman–Crippen LogP) is 1.99. The molecule has 1 aromatic rings. The molecule has 0 amide bonds. The zero-order valence-electron chi connectivity index (χ0n) is 12.9. The summed E-state index contributed by atoms with van der Waals surface area (Å²) >= 11 is 0. The van der Waals surface area contributed by atoms with E-state index in [1.54, 1.807) is 14.2 Å². The Kier molecular flexibility index (Phi) is 6.79. The molecule has 0 aromatic heterocycles. The molecule has 1 heterocycles. The molecular weight excluding hydrogens is 270 g/mol. The highest BCUT2D eigenvalue weighted by molar-refractivity contribution is 5.42. The molecule has 1 aromatic carbocycles. The van der Waals surface area contributed by atoms with E-state index >= 15 is 0 Å². The molecule has 21 heavy (non-hydrogen) atoms. The van der Waals surface area contributed by atoms with Crippen molar-refractivity contribution in [3.05, 3.63) is 23.8 Å². The molecule has 0 spiro atoms. The fourth-order valence-electron chi connectivity index (χ4n) is 2.36. The van der Waals surface area contributed by atoms with E-state index in [-0.39, 0.29) is 0 Å². The van der Waals surface area contributed by atoms with Crippen molar-refractivity contribution in [1.29, 1.82) is 0 Å². The van der Waals surface area contributed by atoms with Crippen molar-refractivity contribution >= 4 is 0 Å². The van der Waals surface area contributed by atoms with Crippen LogP contribution in [0.5, 0.6) is 11.5 Å². The second-order valence-electron chi connectivity index (χ2n) is 5.09. The molecule has 1 saturated heterocycles. The smallest absolute Gasteiger partial charge is 0.161 e. The number of ether oxygens (including phenoxy) is 4. The van der Waals surface area contributed by atoms with Crippen molar-refractivity contribution in [3.8, 4) is 11.5 Å². The summed E-state index contributed by atoms with van der Waals surface area (Å²) in [5, 5.41) is 3.43. The number of benzene rings is 1. The summed E-state index contributed by atoms with van der Waals surface area (Å²) in [4.78, 5) is 0. The Hall–Kier alpha value is -1.30.